The van der Waals surface area contributed by atoms with Gasteiger partial charge in [0.1, 0.15) is 5.75 Å². The Kier molecular flexibility index (Phi) is 13.9. The van der Waals surface area contributed by atoms with Gasteiger partial charge in [0, 0.05) is 5.02 Å². The molecule has 0 heterocycles. The van der Waals surface area contributed by atoms with Crippen LogP contribution in [0.3, 0.4) is 0 Å². The summed E-state index contributed by atoms with van der Waals surface area (Å²) in [5, 5.41) is 0.946. The summed E-state index contributed by atoms with van der Waals surface area (Å²) in [6.45, 7) is 6.69. The van der Waals surface area contributed by atoms with Crippen molar-refractivity contribution in [3.63, 3.8) is 0 Å². The number of rotatable bonds is 12. The monoisotopic (exact) mass is 510 g/mol. The maximum absolute atomic E-state index is 12.9. The van der Waals surface area contributed by atoms with Crippen LogP contribution in [0.5, 0.6) is 5.75 Å². The fraction of sp³-hybridized carbons (Fsp3) is 0.650. The van der Waals surface area contributed by atoms with Crippen molar-refractivity contribution in [2.75, 3.05) is 6.61 Å². The number of halogens is 2. The topological polar surface area (TPSA) is 35.5 Å². The molecule has 2 radical (unpaired) electrons. The van der Waals surface area contributed by atoms with Crippen molar-refractivity contribution in [1.82, 2.24) is 0 Å². The molecule has 0 saturated carbocycles. The van der Waals surface area contributed by atoms with Gasteiger partial charge in [0.05, 0.1) is 11.6 Å². The summed E-state index contributed by atoms with van der Waals surface area (Å²) in [5.74, 6) is 0.194. The Morgan fingerprint density at radius 1 is 1.00 bits per heavy atom. The average molecular weight is 510 g/mol. The van der Waals surface area contributed by atoms with Gasteiger partial charge in [-0.05, 0) is 50.3 Å². The minimum atomic E-state index is -0.989. The number of hydrogen-bond acceptors (Lipinski definition) is 3. The zero-order chi connectivity index (χ0) is 18.7. The molecule has 1 rings (SSSR count). The van der Waals surface area contributed by atoms with Crippen LogP contribution >= 0.6 is 23.2 Å². The van der Waals surface area contributed by atoms with Crippen LogP contribution in [-0.2, 0) is 9.53 Å². The van der Waals surface area contributed by atoms with Gasteiger partial charge in [-0.2, -0.15) is 0 Å². The van der Waals surface area contributed by atoms with Gasteiger partial charge in [-0.25, -0.2) is 4.79 Å². The quantitative estimate of drug-likeness (QED) is 0.199. The third kappa shape index (κ3) is 8.26. The van der Waals surface area contributed by atoms with E-state index >= 15 is 0 Å². The summed E-state index contributed by atoms with van der Waals surface area (Å²) in [5.41, 5.74) is -0.989. The first kappa shape index (κ1) is 25.9. The van der Waals surface area contributed by atoms with E-state index in [0.29, 0.717) is 35.2 Å². The number of esters is 1. The SMILES string of the molecule is CCCCOC(=O)C(CCCC)(CCCC)Oc1ccc(Cl)cc1Cl.[SnH2]. The van der Waals surface area contributed by atoms with E-state index in [4.69, 9.17) is 32.7 Å². The normalized spacial score (nSPS) is 11.0. The molecular formula is C20H32Cl2O3Sn. The first-order valence-electron chi connectivity index (χ1n) is 9.30. The molecule has 0 fully saturated rings. The second-order valence-corrected chi connectivity index (χ2v) is 7.21. The van der Waals surface area contributed by atoms with Crippen LogP contribution < -0.4 is 4.74 Å². The number of hydrogen-bond donors (Lipinski definition) is 0. The molecule has 0 aliphatic carbocycles. The van der Waals surface area contributed by atoms with Crippen molar-refractivity contribution in [2.24, 2.45) is 0 Å². The van der Waals surface area contributed by atoms with Crippen LogP contribution in [-0.4, -0.2) is 42.1 Å². The van der Waals surface area contributed by atoms with Gasteiger partial charge in [0.2, 0.25) is 5.60 Å². The molecule has 3 nitrogen and oxygen atoms in total. The molecule has 0 saturated heterocycles. The number of benzene rings is 1. The fourth-order valence-electron chi connectivity index (χ4n) is 2.61. The fourth-order valence-corrected chi connectivity index (χ4v) is 3.05. The summed E-state index contributed by atoms with van der Waals surface area (Å²) in [7, 11) is 0. The van der Waals surface area contributed by atoms with Gasteiger partial charge in [0.25, 0.3) is 0 Å². The molecule has 0 spiro atoms. The molecule has 1 aromatic rings. The van der Waals surface area contributed by atoms with E-state index in [1.54, 1.807) is 18.2 Å². The maximum atomic E-state index is 12.9. The summed E-state index contributed by atoms with van der Waals surface area (Å²) >= 11 is 12.2. The van der Waals surface area contributed by atoms with Gasteiger partial charge in [0.15, 0.2) is 0 Å². The zero-order valence-electron chi connectivity index (χ0n) is 16.3. The number of carbonyl (C=O) groups excluding carboxylic acids is 1. The van der Waals surface area contributed by atoms with Gasteiger partial charge < -0.3 is 9.47 Å². The Hall–Kier alpha value is -0.131. The minimum absolute atomic E-state index is 0. The Balaban J connectivity index is 0.00000625. The Morgan fingerprint density at radius 2 is 1.58 bits per heavy atom. The molecule has 0 aliphatic rings. The van der Waals surface area contributed by atoms with Crippen molar-refractivity contribution in [1.29, 1.82) is 0 Å². The molecule has 0 amide bonds. The van der Waals surface area contributed by atoms with E-state index in [0.717, 1.165) is 38.5 Å². The molecule has 0 atom stereocenters. The van der Waals surface area contributed by atoms with Crippen LogP contribution in [0, 0.1) is 0 Å². The van der Waals surface area contributed by atoms with E-state index in [-0.39, 0.29) is 29.9 Å². The first-order chi connectivity index (χ1) is 12.0. The third-order valence-corrected chi connectivity index (χ3v) is 4.70. The Bertz CT molecular complexity index is 530. The summed E-state index contributed by atoms with van der Waals surface area (Å²) in [4.78, 5) is 12.9. The predicted octanol–water partition coefficient (Wildman–Crippen LogP) is 5.92. The Morgan fingerprint density at radius 3 is 2.08 bits per heavy atom. The van der Waals surface area contributed by atoms with Gasteiger partial charge in [-0.15, -0.1) is 0 Å². The summed E-state index contributed by atoms with van der Waals surface area (Å²) < 4.78 is 11.8. The molecule has 6 heteroatoms. The van der Waals surface area contributed by atoms with Crippen LogP contribution in [0.15, 0.2) is 18.2 Å². The Labute approximate surface area is 185 Å². The van der Waals surface area contributed by atoms with Gasteiger partial charge in [-0.3, -0.25) is 0 Å². The van der Waals surface area contributed by atoms with Crippen molar-refractivity contribution in [3.05, 3.63) is 28.2 Å². The molecular weight excluding hydrogens is 478 g/mol. The van der Waals surface area contributed by atoms with Gasteiger partial charge >= 0.3 is 29.9 Å². The van der Waals surface area contributed by atoms with E-state index in [1.165, 1.54) is 0 Å². The molecule has 0 unspecified atom stereocenters. The van der Waals surface area contributed by atoms with Crippen molar-refractivity contribution >= 4 is 53.1 Å². The van der Waals surface area contributed by atoms with Crippen LogP contribution in [0.25, 0.3) is 0 Å². The number of ether oxygens (including phenoxy) is 2. The van der Waals surface area contributed by atoms with Crippen LogP contribution in [0.4, 0.5) is 0 Å². The second kappa shape index (κ2) is 14.0. The molecule has 1 aromatic carbocycles. The van der Waals surface area contributed by atoms with Crippen molar-refractivity contribution in [3.8, 4) is 5.75 Å². The molecule has 0 bridgehead atoms. The summed E-state index contributed by atoms with van der Waals surface area (Å²) in [6, 6.07) is 5.07. The van der Waals surface area contributed by atoms with E-state index in [2.05, 4.69) is 20.8 Å². The van der Waals surface area contributed by atoms with Crippen LogP contribution in [0.1, 0.15) is 72.1 Å². The molecule has 0 N–H and O–H groups in total. The van der Waals surface area contributed by atoms with E-state index < -0.39 is 5.60 Å². The molecule has 0 aliphatic heterocycles. The zero-order valence-corrected chi connectivity index (χ0v) is 21.8. The van der Waals surface area contributed by atoms with Crippen LogP contribution in [0.2, 0.25) is 10.0 Å². The number of unbranched alkanes of at least 4 members (excludes halogenated alkanes) is 3. The van der Waals surface area contributed by atoms with Crippen molar-refractivity contribution < 1.29 is 14.3 Å². The first-order valence-corrected chi connectivity index (χ1v) is 10.1. The van der Waals surface area contributed by atoms with Crippen molar-refractivity contribution in [2.45, 2.75) is 77.7 Å². The van der Waals surface area contributed by atoms with E-state index in [9.17, 15) is 4.79 Å². The summed E-state index contributed by atoms with van der Waals surface area (Å²) in [6.07, 6.45) is 6.80. The number of carbonyl (C=O) groups is 1. The molecule has 0 aromatic heterocycles. The van der Waals surface area contributed by atoms with E-state index in [1.807, 2.05) is 0 Å². The average Bonchev–Trinajstić information content (AvgIpc) is 2.59. The second-order valence-electron chi connectivity index (χ2n) is 6.37. The molecule has 148 valence electrons. The third-order valence-electron chi connectivity index (χ3n) is 4.17. The standard InChI is InChI=1S/C20H30Cl2O3.Sn.2H/c1-4-7-12-20(13-8-5-2,19(23)24-14-9-6-3)25-18-11-10-16(21)15-17(18)22;;;/h10-11,15H,4-9,12-14H2,1-3H3;;;. The molecule has 26 heavy (non-hydrogen) atoms. The van der Waals surface area contributed by atoms with Gasteiger partial charge in [-0.1, -0.05) is 63.2 Å². The predicted molar refractivity (Wildman–Crippen MR) is 113 cm³/mol.